The van der Waals surface area contributed by atoms with Gasteiger partial charge < -0.3 is 9.80 Å². The van der Waals surface area contributed by atoms with Crippen molar-refractivity contribution < 1.29 is 13.2 Å². The van der Waals surface area contributed by atoms with E-state index in [9.17, 15) is 13.2 Å². The number of hydrogen-bond acceptors (Lipinski definition) is 5. The van der Waals surface area contributed by atoms with Crippen LogP contribution < -0.4 is 0 Å². The zero-order valence-corrected chi connectivity index (χ0v) is 17.7. The summed E-state index contributed by atoms with van der Waals surface area (Å²) in [5.41, 5.74) is 1.40. The molecule has 0 aliphatic carbocycles. The number of hydrogen-bond donors (Lipinski definition) is 0. The van der Waals surface area contributed by atoms with Crippen LogP contribution in [-0.4, -0.2) is 78.6 Å². The van der Waals surface area contributed by atoms with Gasteiger partial charge >= 0.3 is 0 Å². The Balaban J connectivity index is 1.87. The van der Waals surface area contributed by atoms with Crippen molar-refractivity contribution in [2.24, 2.45) is 0 Å². The molecule has 2 aliphatic heterocycles. The largest absolute Gasteiger partial charge is 0.333 e. The van der Waals surface area contributed by atoms with Crippen molar-refractivity contribution in [3.63, 3.8) is 0 Å². The van der Waals surface area contributed by atoms with E-state index in [1.165, 1.54) is 0 Å². The Morgan fingerprint density at radius 3 is 2.63 bits per heavy atom. The van der Waals surface area contributed by atoms with Crippen molar-refractivity contribution in [2.45, 2.75) is 57.5 Å². The first kappa shape index (κ1) is 20.3. The predicted octanol–water partition coefficient (Wildman–Crippen LogP) is 1.92. The number of carbonyl (C=O) groups is 1. The molecule has 1 aromatic rings. The van der Waals surface area contributed by atoms with Gasteiger partial charge in [-0.3, -0.25) is 9.48 Å². The molecule has 27 heavy (non-hydrogen) atoms. The van der Waals surface area contributed by atoms with E-state index in [2.05, 4.69) is 23.8 Å². The van der Waals surface area contributed by atoms with Crippen LogP contribution in [0, 0.1) is 0 Å². The van der Waals surface area contributed by atoms with E-state index >= 15 is 0 Å². The monoisotopic (exact) mass is 396 g/mol. The Morgan fingerprint density at radius 2 is 2.04 bits per heavy atom. The quantitative estimate of drug-likeness (QED) is 0.760. The summed E-state index contributed by atoms with van der Waals surface area (Å²) in [5, 5.41) is 4.62. The van der Waals surface area contributed by atoms with E-state index in [4.69, 9.17) is 0 Å². The Hall–Kier alpha value is -1.41. The fourth-order valence-corrected chi connectivity index (χ4v) is 5.92. The molecule has 7 nitrogen and oxygen atoms in total. The van der Waals surface area contributed by atoms with Crippen LogP contribution in [0.5, 0.6) is 0 Å². The van der Waals surface area contributed by atoms with Crippen molar-refractivity contribution in [2.75, 3.05) is 38.7 Å². The van der Waals surface area contributed by atoms with Crippen molar-refractivity contribution in [3.05, 3.63) is 17.5 Å². The highest BCUT2D eigenvalue weighted by Crippen LogP contribution is 2.29. The number of aromatic nitrogens is 2. The molecule has 2 saturated heterocycles. The van der Waals surface area contributed by atoms with Crippen LogP contribution in [-0.2, 0) is 9.84 Å². The number of sulfone groups is 1. The van der Waals surface area contributed by atoms with Gasteiger partial charge in [-0.15, -0.1) is 0 Å². The number of likely N-dealkylation sites (tertiary alicyclic amines) is 1. The minimum atomic E-state index is -3.00. The molecule has 0 radical (unpaired) electrons. The lowest BCUT2D eigenvalue weighted by Crippen LogP contribution is -2.48. The summed E-state index contributed by atoms with van der Waals surface area (Å²) in [5.74, 6) is 0.481. The van der Waals surface area contributed by atoms with Crippen LogP contribution in [0.15, 0.2) is 6.07 Å². The first-order valence-corrected chi connectivity index (χ1v) is 11.8. The molecule has 0 bridgehead atoms. The van der Waals surface area contributed by atoms with Crippen molar-refractivity contribution >= 4 is 15.7 Å². The van der Waals surface area contributed by atoms with Crippen LogP contribution >= 0.6 is 0 Å². The van der Waals surface area contributed by atoms with Crippen LogP contribution in [0.4, 0.5) is 0 Å². The second-order valence-electron chi connectivity index (χ2n) is 8.52. The Bertz CT molecular complexity index is 785. The Morgan fingerprint density at radius 1 is 1.30 bits per heavy atom. The minimum absolute atomic E-state index is 0.0249. The Labute approximate surface area is 162 Å². The topological polar surface area (TPSA) is 75.5 Å². The molecule has 8 heteroatoms. The van der Waals surface area contributed by atoms with Crippen LogP contribution in [0.3, 0.4) is 0 Å². The lowest BCUT2D eigenvalue weighted by atomic mass is 10.0. The first-order valence-electron chi connectivity index (χ1n) is 9.93. The standard InChI is InChI=1S/C19H32N4O3S/c1-14(2)18-11-17(20-23(18)16-8-10-27(25,26)13-16)19(24)22-9-6-5-7-15(22)12-21(3)4/h11,14-16H,5-10,12-13H2,1-4H3. The van der Waals surface area contributed by atoms with E-state index in [0.717, 1.165) is 38.0 Å². The number of amides is 1. The minimum Gasteiger partial charge on any atom is -0.333 e. The maximum absolute atomic E-state index is 13.2. The molecule has 0 aromatic carbocycles. The molecule has 0 N–H and O–H groups in total. The molecule has 152 valence electrons. The van der Waals surface area contributed by atoms with Crippen LogP contribution in [0.1, 0.15) is 67.7 Å². The van der Waals surface area contributed by atoms with E-state index in [1.54, 1.807) is 0 Å². The molecule has 3 rings (SSSR count). The Kier molecular flexibility index (Phi) is 5.96. The highest BCUT2D eigenvalue weighted by molar-refractivity contribution is 7.91. The van der Waals surface area contributed by atoms with Gasteiger partial charge in [-0.25, -0.2) is 8.42 Å². The molecule has 2 aliphatic rings. The average molecular weight is 397 g/mol. The second kappa shape index (κ2) is 7.91. The zero-order valence-electron chi connectivity index (χ0n) is 16.9. The number of carbonyl (C=O) groups excluding carboxylic acids is 1. The van der Waals surface area contributed by atoms with E-state index in [0.29, 0.717) is 12.1 Å². The lowest BCUT2D eigenvalue weighted by molar-refractivity contribution is 0.0567. The highest BCUT2D eigenvalue weighted by atomic mass is 32.2. The second-order valence-corrected chi connectivity index (χ2v) is 10.7. The van der Waals surface area contributed by atoms with Gasteiger partial charge in [-0.1, -0.05) is 13.8 Å². The number of likely N-dealkylation sites (N-methyl/N-ethyl adjacent to an activating group) is 1. The molecule has 2 unspecified atom stereocenters. The third kappa shape index (κ3) is 4.54. The van der Waals surface area contributed by atoms with Gasteiger partial charge in [0.2, 0.25) is 0 Å². The average Bonchev–Trinajstić information content (AvgIpc) is 3.17. The molecule has 1 amide bonds. The molecular weight excluding hydrogens is 364 g/mol. The van der Waals surface area contributed by atoms with Gasteiger partial charge in [0.1, 0.15) is 0 Å². The summed E-state index contributed by atoms with van der Waals surface area (Å²) < 4.78 is 25.6. The smallest absolute Gasteiger partial charge is 0.274 e. The van der Waals surface area contributed by atoms with Gasteiger partial charge in [-0.2, -0.15) is 5.10 Å². The molecule has 1 aromatic heterocycles. The summed E-state index contributed by atoms with van der Waals surface area (Å²) in [6, 6.07) is 1.92. The SMILES string of the molecule is CC(C)c1cc(C(=O)N2CCCCC2CN(C)C)nn1C1CCS(=O)(=O)C1. The number of nitrogens with zero attached hydrogens (tertiary/aromatic N) is 4. The number of rotatable bonds is 5. The van der Waals surface area contributed by atoms with Crippen molar-refractivity contribution in [1.29, 1.82) is 0 Å². The molecule has 2 atom stereocenters. The van der Waals surface area contributed by atoms with E-state index in [1.807, 2.05) is 29.7 Å². The van der Waals surface area contributed by atoms with Crippen LogP contribution in [0.2, 0.25) is 0 Å². The maximum atomic E-state index is 13.2. The zero-order chi connectivity index (χ0) is 19.8. The summed E-state index contributed by atoms with van der Waals surface area (Å²) in [6.07, 6.45) is 3.76. The molecule has 0 spiro atoms. The van der Waals surface area contributed by atoms with Gasteiger partial charge in [0.25, 0.3) is 5.91 Å². The van der Waals surface area contributed by atoms with Gasteiger partial charge in [0.15, 0.2) is 15.5 Å². The summed E-state index contributed by atoms with van der Waals surface area (Å²) in [7, 11) is 1.06. The normalized spacial score (nSPS) is 25.5. The summed E-state index contributed by atoms with van der Waals surface area (Å²) in [4.78, 5) is 17.3. The van der Waals surface area contributed by atoms with Crippen LogP contribution in [0.25, 0.3) is 0 Å². The summed E-state index contributed by atoms with van der Waals surface area (Å²) >= 11 is 0. The van der Waals surface area contributed by atoms with Gasteiger partial charge in [-0.05, 0) is 51.8 Å². The fraction of sp³-hybridized carbons (Fsp3) is 0.789. The van der Waals surface area contributed by atoms with E-state index < -0.39 is 9.84 Å². The molecule has 0 saturated carbocycles. The first-order chi connectivity index (χ1) is 12.7. The maximum Gasteiger partial charge on any atom is 0.274 e. The third-order valence-corrected chi connectivity index (χ3v) is 7.34. The molecule has 2 fully saturated rings. The summed E-state index contributed by atoms with van der Waals surface area (Å²) in [6.45, 7) is 5.73. The van der Waals surface area contributed by atoms with Gasteiger partial charge in [0, 0.05) is 24.8 Å². The van der Waals surface area contributed by atoms with Crippen molar-refractivity contribution in [3.8, 4) is 0 Å². The predicted molar refractivity (Wildman–Crippen MR) is 106 cm³/mol. The fourth-order valence-electron chi connectivity index (χ4n) is 4.23. The highest BCUT2D eigenvalue weighted by Gasteiger charge is 2.34. The molecule has 3 heterocycles. The van der Waals surface area contributed by atoms with E-state index in [-0.39, 0.29) is 35.4 Å². The molecular formula is C19H32N4O3S. The lowest BCUT2D eigenvalue weighted by Gasteiger charge is -2.36. The van der Waals surface area contributed by atoms with Crippen molar-refractivity contribution in [1.82, 2.24) is 19.6 Å². The number of piperidine rings is 1. The third-order valence-electron chi connectivity index (χ3n) is 5.59. The van der Waals surface area contributed by atoms with Gasteiger partial charge in [0.05, 0.1) is 17.5 Å².